The summed E-state index contributed by atoms with van der Waals surface area (Å²) in [4.78, 5) is 36.9. The molecular formula is C26H30FN5O4. The number of ether oxygens (including phenoxy) is 2. The molecule has 4 aromatic rings. The number of H-pyrrole nitrogens is 1. The first-order chi connectivity index (χ1) is 16.8. The molecule has 0 spiro atoms. The molecule has 9 nitrogen and oxygen atoms in total. The maximum Gasteiger partial charge on any atom is 0.408 e. The van der Waals surface area contributed by atoms with Crippen molar-refractivity contribution in [1.29, 1.82) is 0 Å². The van der Waals surface area contributed by atoms with Gasteiger partial charge in [0.25, 0.3) is 0 Å². The van der Waals surface area contributed by atoms with Gasteiger partial charge in [-0.25, -0.2) is 23.9 Å². The van der Waals surface area contributed by atoms with Crippen molar-refractivity contribution in [1.82, 2.24) is 24.8 Å². The maximum atomic E-state index is 14.7. The summed E-state index contributed by atoms with van der Waals surface area (Å²) in [6.45, 7) is 10.6. The molecule has 0 saturated heterocycles. The highest BCUT2D eigenvalue weighted by Crippen LogP contribution is 2.28. The number of rotatable bonds is 5. The van der Waals surface area contributed by atoms with E-state index >= 15 is 0 Å². The second-order valence-corrected chi connectivity index (χ2v) is 9.99. The van der Waals surface area contributed by atoms with Crippen LogP contribution < -0.4 is 5.32 Å². The molecule has 10 heteroatoms. The van der Waals surface area contributed by atoms with E-state index in [2.05, 4.69) is 20.3 Å². The van der Waals surface area contributed by atoms with E-state index in [-0.39, 0.29) is 17.7 Å². The number of amides is 1. The number of nitrogens with one attached hydrogen (secondary N) is 2. The fraction of sp³-hybridized carbons (Fsp3) is 0.385. The van der Waals surface area contributed by atoms with Crippen molar-refractivity contribution >= 4 is 34.1 Å². The SMILES string of the molecule is CC(C)OC(=O)c1cc2nc(-c3cc4ccc([C@@H](C)NC(=O)OC(C)(C)C)nc4[nH]3)n(C)c2cc1F. The van der Waals surface area contributed by atoms with Gasteiger partial charge < -0.3 is 24.3 Å². The Hall–Kier alpha value is -3.95. The first-order valence-corrected chi connectivity index (χ1v) is 11.7. The van der Waals surface area contributed by atoms with Crippen molar-refractivity contribution in [2.75, 3.05) is 0 Å². The van der Waals surface area contributed by atoms with Gasteiger partial charge in [0.2, 0.25) is 0 Å². The standard InChI is InChI=1S/C26H30FN5O4/c1-13(2)35-24(33)16-11-19-21(12-17(16)27)32(7)23(31-19)20-10-15-8-9-18(29-22(15)30-20)14(3)28-25(34)36-26(4,5)6/h8-14H,1-7H3,(H,28,34)(H,29,30)/t14-/m1/s1. The van der Waals surface area contributed by atoms with Gasteiger partial charge in [0.05, 0.1) is 40.1 Å². The summed E-state index contributed by atoms with van der Waals surface area (Å²) in [6.07, 6.45) is -0.884. The molecule has 4 rings (SSSR count). The predicted octanol–water partition coefficient (Wildman–Crippen LogP) is 5.41. The fourth-order valence-corrected chi connectivity index (χ4v) is 3.83. The number of aromatic amines is 1. The van der Waals surface area contributed by atoms with E-state index in [0.717, 1.165) is 5.39 Å². The number of carbonyl (C=O) groups is 2. The third-order valence-electron chi connectivity index (χ3n) is 5.45. The molecule has 0 saturated carbocycles. The van der Waals surface area contributed by atoms with Crippen molar-refractivity contribution in [3.05, 3.63) is 47.4 Å². The van der Waals surface area contributed by atoms with E-state index in [4.69, 9.17) is 9.47 Å². The van der Waals surface area contributed by atoms with Gasteiger partial charge in [0, 0.05) is 18.5 Å². The van der Waals surface area contributed by atoms with Gasteiger partial charge in [-0.1, -0.05) is 0 Å². The Morgan fingerprint density at radius 1 is 1.11 bits per heavy atom. The minimum absolute atomic E-state index is 0.157. The summed E-state index contributed by atoms with van der Waals surface area (Å²) in [5.41, 5.74) is 2.18. The van der Waals surface area contributed by atoms with Crippen LogP contribution in [-0.4, -0.2) is 43.3 Å². The van der Waals surface area contributed by atoms with Crippen LogP contribution in [0.4, 0.5) is 9.18 Å². The Labute approximate surface area is 208 Å². The maximum absolute atomic E-state index is 14.7. The van der Waals surface area contributed by atoms with Crippen molar-refractivity contribution in [2.45, 2.75) is 59.3 Å². The van der Waals surface area contributed by atoms with Gasteiger partial charge in [0.15, 0.2) is 5.82 Å². The molecule has 0 aliphatic carbocycles. The average Bonchev–Trinajstić information content (AvgIpc) is 3.31. The largest absolute Gasteiger partial charge is 0.459 e. The molecule has 190 valence electrons. The van der Waals surface area contributed by atoms with Gasteiger partial charge in [-0.15, -0.1) is 0 Å². The highest BCUT2D eigenvalue weighted by atomic mass is 19.1. The van der Waals surface area contributed by atoms with Crippen LogP contribution in [0.3, 0.4) is 0 Å². The topological polar surface area (TPSA) is 111 Å². The number of hydrogen-bond donors (Lipinski definition) is 2. The number of benzene rings is 1. The van der Waals surface area contributed by atoms with Crippen molar-refractivity contribution < 1.29 is 23.5 Å². The third-order valence-corrected chi connectivity index (χ3v) is 5.45. The predicted molar refractivity (Wildman–Crippen MR) is 134 cm³/mol. The molecule has 3 heterocycles. The molecule has 0 aliphatic rings. The van der Waals surface area contributed by atoms with E-state index in [1.54, 1.807) is 46.2 Å². The van der Waals surface area contributed by atoms with Crippen LogP contribution in [0.1, 0.15) is 63.6 Å². The monoisotopic (exact) mass is 495 g/mol. The van der Waals surface area contributed by atoms with Crippen molar-refractivity contribution in [3.63, 3.8) is 0 Å². The quantitative estimate of drug-likeness (QED) is 0.358. The van der Waals surface area contributed by atoms with E-state index in [1.165, 1.54) is 12.1 Å². The summed E-state index contributed by atoms with van der Waals surface area (Å²) in [5, 5.41) is 3.63. The summed E-state index contributed by atoms with van der Waals surface area (Å²) >= 11 is 0. The zero-order valence-electron chi connectivity index (χ0n) is 21.4. The molecule has 1 aromatic carbocycles. The Balaban J connectivity index is 1.64. The summed E-state index contributed by atoms with van der Waals surface area (Å²) in [5.74, 6) is -0.844. The number of aromatic nitrogens is 4. The Bertz CT molecular complexity index is 1460. The number of nitrogens with zero attached hydrogens (tertiary/aromatic N) is 3. The molecule has 1 atom stereocenters. The molecule has 36 heavy (non-hydrogen) atoms. The lowest BCUT2D eigenvalue weighted by Gasteiger charge is -2.21. The Morgan fingerprint density at radius 2 is 1.83 bits per heavy atom. The number of carbonyl (C=O) groups excluding carboxylic acids is 2. The van der Waals surface area contributed by atoms with Crippen LogP contribution in [0, 0.1) is 5.82 Å². The molecule has 0 radical (unpaired) electrons. The number of pyridine rings is 1. The lowest BCUT2D eigenvalue weighted by atomic mass is 10.2. The number of alkyl carbamates (subject to hydrolysis) is 1. The zero-order chi connectivity index (χ0) is 26.4. The Morgan fingerprint density at radius 3 is 2.50 bits per heavy atom. The molecule has 0 unspecified atom stereocenters. The normalized spacial score (nSPS) is 12.8. The van der Waals surface area contributed by atoms with Gasteiger partial charge in [-0.3, -0.25) is 0 Å². The fourth-order valence-electron chi connectivity index (χ4n) is 3.83. The van der Waals surface area contributed by atoms with Crippen molar-refractivity contribution in [2.24, 2.45) is 7.05 Å². The number of fused-ring (bicyclic) bond motifs is 2. The minimum Gasteiger partial charge on any atom is -0.459 e. The second kappa shape index (κ2) is 9.25. The minimum atomic E-state index is -0.729. The van der Waals surface area contributed by atoms with Crippen LogP contribution in [-0.2, 0) is 16.5 Å². The molecule has 3 aromatic heterocycles. The molecular weight excluding hydrogens is 465 g/mol. The number of esters is 1. The van der Waals surface area contributed by atoms with Crippen LogP contribution in [0.25, 0.3) is 33.6 Å². The van der Waals surface area contributed by atoms with Gasteiger partial charge in [-0.05, 0) is 65.8 Å². The van der Waals surface area contributed by atoms with Gasteiger partial charge >= 0.3 is 12.1 Å². The van der Waals surface area contributed by atoms with Crippen molar-refractivity contribution in [3.8, 4) is 11.5 Å². The van der Waals surface area contributed by atoms with E-state index in [1.807, 2.05) is 25.1 Å². The van der Waals surface area contributed by atoms with Crippen LogP contribution >= 0.6 is 0 Å². The van der Waals surface area contributed by atoms with E-state index in [9.17, 15) is 14.0 Å². The van der Waals surface area contributed by atoms with Crippen LogP contribution in [0.5, 0.6) is 0 Å². The lowest BCUT2D eigenvalue weighted by Crippen LogP contribution is -2.34. The molecule has 2 N–H and O–H groups in total. The molecule has 0 fully saturated rings. The van der Waals surface area contributed by atoms with Crippen LogP contribution in [0.15, 0.2) is 30.3 Å². The number of hydrogen-bond acceptors (Lipinski definition) is 6. The lowest BCUT2D eigenvalue weighted by molar-refractivity contribution is 0.0372. The smallest absolute Gasteiger partial charge is 0.408 e. The van der Waals surface area contributed by atoms with Gasteiger partial charge in [0.1, 0.15) is 17.1 Å². The number of halogens is 1. The average molecular weight is 496 g/mol. The second-order valence-electron chi connectivity index (χ2n) is 9.99. The van der Waals surface area contributed by atoms with Gasteiger partial charge in [-0.2, -0.15) is 0 Å². The highest BCUT2D eigenvalue weighted by Gasteiger charge is 2.21. The first-order valence-electron chi connectivity index (χ1n) is 11.7. The Kier molecular flexibility index (Phi) is 6.46. The summed E-state index contributed by atoms with van der Waals surface area (Å²) in [7, 11) is 1.77. The molecule has 0 bridgehead atoms. The first kappa shape index (κ1) is 25.2. The number of aryl methyl sites for hydroxylation is 1. The third kappa shape index (κ3) is 5.17. The summed E-state index contributed by atoms with van der Waals surface area (Å²) < 4.78 is 26.9. The van der Waals surface area contributed by atoms with E-state index in [0.29, 0.717) is 33.9 Å². The number of imidazole rings is 1. The molecule has 0 aliphatic heterocycles. The zero-order valence-corrected chi connectivity index (χ0v) is 21.4. The highest BCUT2D eigenvalue weighted by molar-refractivity contribution is 5.95. The molecule has 1 amide bonds. The van der Waals surface area contributed by atoms with Crippen LogP contribution in [0.2, 0.25) is 0 Å². The van der Waals surface area contributed by atoms with E-state index < -0.39 is 23.5 Å². The summed E-state index contributed by atoms with van der Waals surface area (Å²) in [6, 6.07) is 7.93.